The molecule has 1 aliphatic heterocycles. The van der Waals surface area contributed by atoms with Crippen molar-refractivity contribution in [1.29, 1.82) is 0 Å². The minimum atomic E-state index is -3.75. The molecule has 152 valence electrons. The zero-order valence-electron chi connectivity index (χ0n) is 14.9. The zero-order valence-corrected chi connectivity index (χ0v) is 17.3. The molecule has 3 heterocycles. The van der Waals surface area contributed by atoms with Crippen LogP contribution in [0.2, 0.25) is 5.02 Å². The Labute approximate surface area is 167 Å². The molecule has 0 unspecified atom stereocenters. The lowest BCUT2D eigenvalue weighted by atomic mass is 10.2. The van der Waals surface area contributed by atoms with Crippen LogP contribution in [0.4, 0.5) is 0 Å². The van der Waals surface area contributed by atoms with Crippen LogP contribution in [0.1, 0.15) is 29.6 Å². The predicted molar refractivity (Wildman–Crippen MR) is 100 cm³/mol. The predicted octanol–water partition coefficient (Wildman–Crippen LogP) is 1.35. The molecule has 28 heavy (non-hydrogen) atoms. The van der Waals surface area contributed by atoms with Gasteiger partial charge in [0.15, 0.2) is 15.5 Å². The molecule has 0 N–H and O–H groups in total. The minimum absolute atomic E-state index is 0.00220. The summed E-state index contributed by atoms with van der Waals surface area (Å²) in [5.41, 5.74) is -0.292. The molecule has 0 spiro atoms. The van der Waals surface area contributed by atoms with Gasteiger partial charge < -0.3 is 9.32 Å². The fourth-order valence-corrected chi connectivity index (χ4v) is 5.48. The monoisotopic (exact) mass is 447 g/mol. The van der Waals surface area contributed by atoms with Crippen LogP contribution >= 0.6 is 11.6 Å². The third kappa shape index (κ3) is 4.36. The summed E-state index contributed by atoms with van der Waals surface area (Å²) in [6.07, 6.45) is 2.76. The fraction of sp³-hybridized carbons (Fsp3) is 0.438. The lowest BCUT2D eigenvalue weighted by molar-refractivity contribution is 0.0659. The van der Waals surface area contributed by atoms with Crippen LogP contribution in [0.3, 0.4) is 0 Å². The normalized spacial score (nSPS) is 18.9. The minimum Gasteiger partial charge on any atom is -0.467 e. The number of hydrogen-bond acceptors (Lipinski definition) is 8. The van der Waals surface area contributed by atoms with Crippen LogP contribution in [0.5, 0.6) is 0 Å². The summed E-state index contributed by atoms with van der Waals surface area (Å²) in [6.45, 7) is 1.43. The van der Waals surface area contributed by atoms with E-state index in [0.717, 1.165) is 6.20 Å². The summed E-state index contributed by atoms with van der Waals surface area (Å²) in [5, 5.41) is -0.620. The van der Waals surface area contributed by atoms with E-state index < -0.39 is 36.8 Å². The van der Waals surface area contributed by atoms with Gasteiger partial charge in [-0.15, -0.1) is 0 Å². The molecule has 1 aliphatic rings. The molecule has 0 bridgehead atoms. The van der Waals surface area contributed by atoms with Crippen molar-refractivity contribution in [2.75, 3.05) is 17.3 Å². The van der Waals surface area contributed by atoms with Crippen molar-refractivity contribution in [3.63, 3.8) is 0 Å². The second kappa shape index (κ2) is 7.80. The molecule has 2 aromatic heterocycles. The van der Waals surface area contributed by atoms with E-state index in [9.17, 15) is 21.6 Å². The first-order valence-corrected chi connectivity index (χ1v) is 12.3. The number of furan rings is 1. The topological polar surface area (TPSA) is 128 Å². The maximum Gasteiger partial charge on any atom is 0.274 e. The second-order valence-corrected chi connectivity index (χ2v) is 11.1. The van der Waals surface area contributed by atoms with Gasteiger partial charge in [-0.05, 0) is 18.6 Å². The number of rotatable bonds is 6. The van der Waals surface area contributed by atoms with Crippen molar-refractivity contribution in [2.45, 2.75) is 31.1 Å². The van der Waals surface area contributed by atoms with Gasteiger partial charge in [0.25, 0.3) is 5.91 Å². The molecule has 0 aliphatic carbocycles. The molecule has 9 nitrogen and oxygen atoms in total. The third-order valence-corrected chi connectivity index (χ3v) is 7.94. The van der Waals surface area contributed by atoms with Gasteiger partial charge in [0.2, 0.25) is 15.0 Å². The number of hydrogen-bond donors (Lipinski definition) is 0. The first kappa shape index (κ1) is 20.7. The molecular formula is C16H18ClN3O6S2. The van der Waals surface area contributed by atoms with Crippen molar-refractivity contribution in [1.82, 2.24) is 14.9 Å². The van der Waals surface area contributed by atoms with Crippen LogP contribution in [0, 0.1) is 0 Å². The van der Waals surface area contributed by atoms with Gasteiger partial charge in [0.05, 0.1) is 41.3 Å². The Kier molecular flexibility index (Phi) is 5.78. The largest absolute Gasteiger partial charge is 0.467 e. The van der Waals surface area contributed by atoms with Crippen LogP contribution < -0.4 is 0 Å². The van der Waals surface area contributed by atoms with Crippen molar-refractivity contribution in [2.24, 2.45) is 0 Å². The van der Waals surface area contributed by atoms with Crippen LogP contribution in [-0.2, 0) is 26.2 Å². The summed E-state index contributed by atoms with van der Waals surface area (Å²) in [4.78, 5) is 22.1. The first-order chi connectivity index (χ1) is 13.1. The molecule has 0 saturated carbocycles. The first-order valence-electron chi connectivity index (χ1n) is 8.42. The molecule has 3 rings (SSSR count). The molecule has 0 aromatic carbocycles. The van der Waals surface area contributed by atoms with Gasteiger partial charge in [0.1, 0.15) is 5.76 Å². The standard InChI is InChI=1S/C16H18ClN3O6S2/c1-2-28(24,25)16-18-8-13(17)14(19-16)15(21)20(9-12-4-3-6-26-12)11-5-7-27(22,23)10-11/h3-4,6,8,11H,2,5,7,9-10H2,1H3/t11-/m1/s1. The summed E-state index contributed by atoms with van der Waals surface area (Å²) in [7, 11) is -7.02. The highest BCUT2D eigenvalue weighted by molar-refractivity contribution is 7.91. The number of nitrogens with zero attached hydrogens (tertiary/aromatic N) is 3. The highest BCUT2D eigenvalue weighted by atomic mass is 35.5. The van der Waals surface area contributed by atoms with Gasteiger partial charge >= 0.3 is 0 Å². The quantitative estimate of drug-likeness (QED) is 0.607. The number of amides is 1. The molecule has 1 amide bonds. The number of halogens is 1. The van der Waals surface area contributed by atoms with E-state index >= 15 is 0 Å². The summed E-state index contributed by atoms with van der Waals surface area (Å²) < 4.78 is 53.2. The van der Waals surface area contributed by atoms with E-state index in [1.54, 1.807) is 12.1 Å². The maximum absolute atomic E-state index is 13.2. The van der Waals surface area contributed by atoms with Gasteiger partial charge in [-0.2, -0.15) is 0 Å². The van der Waals surface area contributed by atoms with Gasteiger partial charge in [0, 0.05) is 6.04 Å². The summed E-state index contributed by atoms with van der Waals surface area (Å²) >= 11 is 6.06. The molecule has 2 aromatic rings. The van der Waals surface area contributed by atoms with E-state index in [2.05, 4.69) is 9.97 Å². The molecule has 1 atom stereocenters. The summed E-state index contributed by atoms with van der Waals surface area (Å²) in [6, 6.07) is 2.70. The number of carbonyl (C=O) groups excluding carboxylic acids is 1. The lowest BCUT2D eigenvalue weighted by Crippen LogP contribution is -2.41. The van der Waals surface area contributed by atoms with E-state index in [1.165, 1.54) is 18.1 Å². The molecule has 1 saturated heterocycles. The Hall–Kier alpha value is -1.98. The Morgan fingerprint density at radius 3 is 2.75 bits per heavy atom. The Bertz CT molecular complexity index is 1080. The van der Waals surface area contributed by atoms with Crippen molar-refractivity contribution in [3.8, 4) is 0 Å². The number of sulfone groups is 2. The van der Waals surface area contributed by atoms with Crippen LogP contribution in [-0.4, -0.2) is 60.9 Å². The summed E-state index contributed by atoms with van der Waals surface area (Å²) in [5.74, 6) is -0.698. The van der Waals surface area contributed by atoms with E-state index in [-0.39, 0.29) is 40.9 Å². The highest BCUT2D eigenvalue weighted by Gasteiger charge is 2.37. The van der Waals surface area contributed by atoms with E-state index in [0.29, 0.717) is 5.76 Å². The second-order valence-electron chi connectivity index (χ2n) is 6.32. The number of carbonyl (C=O) groups is 1. The average Bonchev–Trinajstić information content (AvgIpc) is 3.28. The van der Waals surface area contributed by atoms with Gasteiger partial charge in [-0.3, -0.25) is 4.79 Å². The third-order valence-electron chi connectivity index (χ3n) is 4.40. The lowest BCUT2D eigenvalue weighted by Gasteiger charge is -2.27. The molecule has 0 radical (unpaired) electrons. The Morgan fingerprint density at radius 1 is 1.43 bits per heavy atom. The zero-order chi connectivity index (χ0) is 20.5. The Morgan fingerprint density at radius 2 is 2.18 bits per heavy atom. The number of aromatic nitrogens is 2. The van der Waals surface area contributed by atoms with E-state index in [1.807, 2.05) is 0 Å². The van der Waals surface area contributed by atoms with Gasteiger partial charge in [-0.25, -0.2) is 26.8 Å². The van der Waals surface area contributed by atoms with Crippen molar-refractivity contribution < 1.29 is 26.0 Å². The Balaban J connectivity index is 2.00. The molecular weight excluding hydrogens is 430 g/mol. The maximum atomic E-state index is 13.2. The van der Waals surface area contributed by atoms with Gasteiger partial charge in [-0.1, -0.05) is 18.5 Å². The molecule has 12 heteroatoms. The van der Waals surface area contributed by atoms with Crippen molar-refractivity contribution in [3.05, 3.63) is 41.1 Å². The average molecular weight is 448 g/mol. The molecule has 1 fully saturated rings. The van der Waals surface area contributed by atoms with Crippen molar-refractivity contribution >= 4 is 37.2 Å². The van der Waals surface area contributed by atoms with Crippen LogP contribution in [0.15, 0.2) is 34.2 Å². The van der Waals surface area contributed by atoms with Crippen LogP contribution in [0.25, 0.3) is 0 Å². The smallest absolute Gasteiger partial charge is 0.274 e. The highest BCUT2D eigenvalue weighted by Crippen LogP contribution is 2.25. The SMILES string of the molecule is CCS(=O)(=O)c1ncc(Cl)c(C(=O)N(Cc2ccco2)[C@@H]2CCS(=O)(=O)C2)n1. The fourth-order valence-electron chi connectivity index (χ4n) is 2.87. The van der Waals surface area contributed by atoms with E-state index in [4.69, 9.17) is 16.0 Å².